The molecule has 2 N–H and O–H groups in total. The van der Waals surface area contributed by atoms with E-state index < -0.39 is 0 Å². The molecule has 1 aromatic rings. The Kier molecular flexibility index (Phi) is 2.49. The summed E-state index contributed by atoms with van der Waals surface area (Å²) in [7, 11) is 0. The molecule has 0 saturated carbocycles. The summed E-state index contributed by atoms with van der Waals surface area (Å²) in [5.41, 5.74) is 1.28. The van der Waals surface area contributed by atoms with Gasteiger partial charge in [-0.2, -0.15) is 0 Å². The summed E-state index contributed by atoms with van der Waals surface area (Å²) in [4.78, 5) is 0. The van der Waals surface area contributed by atoms with Crippen molar-refractivity contribution in [2.24, 2.45) is 0 Å². The van der Waals surface area contributed by atoms with E-state index in [9.17, 15) is 0 Å². The zero-order valence-corrected chi connectivity index (χ0v) is 10.2. The standard InChI is InChI=1S/C13H18N2O2/c1-13(2)7-14-6-10(15-13)9-4-3-5-11-12(9)17-8-16-11/h3-5,10,14-15H,6-8H2,1-2H3. The zero-order chi connectivity index (χ0) is 11.9. The van der Waals surface area contributed by atoms with E-state index in [4.69, 9.17) is 9.47 Å². The van der Waals surface area contributed by atoms with Gasteiger partial charge >= 0.3 is 0 Å². The van der Waals surface area contributed by atoms with Gasteiger partial charge in [-0.25, -0.2) is 0 Å². The first kappa shape index (κ1) is 10.9. The van der Waals surface area contributed by atoms with E-state index in [1.165, 1.54) is 5.56 Å². The number of fused-ring (bicyclic) bond motifs is 1. The number of rotatable bonds is 1. The van der Waals surface area contributed by atoms with Gasteiger partial charge in [0.2, 0.25) is 6.79 Å². The first-order valence-electron chi connectivity index (χ1n) is 6.03. The summed E-state index contributed by atoms with van der Waals surface area (Å²) in [6.07, 6.45) is 0. The maximum atomic E-state index is 5.56. The molecule has 1 unspecified atom stereocenters. The van der Waals surface area contributed by atoms with Gasteiger partial charge < -0.3 is 20.1 Å². The third-order valence-corrected chi connectivity index (χ3v) is 3.28. The minimum absolute atomic E-state index is 0.102. The molecular weight excluding hydrogens is 216 g/mol. The van der Waals surface area contributed by atoms with Crippen LogP contribution in [0, 0.1) is 0 Å². The summed E-state index contributed by atoms with van der Waals surface area (Å²) in [5.74, 6) is 1.75. The van der Waals surface area contributed by atoms with E-state index >= 15 is 0 Å². The normalized spacial score (nSPS) is 25.9. The van der Waals surface area contributed by atoms with E-state index in [0.717, 1.165) is 24.6 Å². The Balaban J connectivity index is 1.92. The predicted molar refractivity (Wildman–Crippen MR) is 65.4 cm³/mol. The molecule has 0 aliphatic carbocycles. The smallest absolute Gasteiger partial charge is 0.231 e. The van der Waals surface area contributed by atoms with Gasteiger partial charge in [0.05, 0.1) is 0 Å². The molecular formula is C13H18N2O2. The number of nitrogens with one attached hydrogen (secondary N) is 2. The minimum atomic E-state index is 0.102. The highest BCUT2D eigenvalue weighted by Gasteiger charge is 2.31. The van der Waals surface area contributed by atoms with Gasteiger partial charge in [-0.15, -0.1) is 0 Å². The molecule has 0 amide bonds. The van der Waals surface area contributed by atoms with Crippen molar-refractivity contribution in [1.29, 1.82) is 0 Å². The van der Waals surface area contributed by atoms with Crippen LogP contribution in [0.1, 0.15) is 25.5 Å². The maximum absolute atomic E-state index is 5.56. The molecule has 2 aliphatic rings. The molecule has 1 fully saturated rings. The van der Waals surface area contributed by atoms with Crippen molar-refractivity contribution >= 4 is 0 Å². The largest absolute Gasteiger partial charge is 0.454 e. The Bertz CT molecular complexity index is 431. The molecule has 1 aromatic carbocycles. The number of hydrogen-bond acceptors (Lipinski definition) is 4. The van der Waals surface area contributed by atoms with Gasteiger partial charge in [-0.1, -0.05) is 12.1 Å². The molecule has 0 bridgehead atoms. The molecule has 2 aliphatic heterocycles. The highest BCUT2D eigenvalue weighted by atomic mass is 16.7. The molecule has 0 radical (unpaired) electrons. The van der Waals surface area contributed by atoms with E-state index in [0.29, 0.717) is 6.79 Å². The van der Waals surface area contributed by atoms with Crippen molar-refractivity contribution in [1.82, 2.24) is 10.6 Å². The molecule has 0 spiro atoms. The van der Waals surface area contributed by atoms with Crippen molar-refractivity contribution in [3.05, 3.63) is 23.8 Å². The molecule has 0 aromatic heterocycles. The van der Waals surface area contributed by atoms with Crippen molar-refractivity contribution in [3.63, 3.8) is 0 Å². The highest BCUT2D eigenvalue weighted by Crippen LogP contribution is 2.39. The summed E-state index contributed by atoms with van der Waals surface area (Å²) in [6, 6.07) is 6.35. The van der Waals surface area contributed by atoms with Crippen LogP contribution in [-0.4, -0.2) is 25.4 Å². The van der Waals surface area contributed by atoms with Gasteiger partial charge in [0.1, 0.15) is 0 Å². The monoisotopic (exact) mass is 234 g/mol. The fraction of sp³-hybridized carbons (Fsp3) is 0.538. The van der Waals surface area contributed by atoms with Crippen LogP contribution < -0.4 is 20.1 Å². The summed E-state index contributed by atoms with van der Waals surface area (Å²) < 4.78 is 11.0. The van der Waals surface area contributed by atoms with Crippen LogP contribution in [0.4, 0.5) is 0 Å². The van der Waals surface area contributed by atoms with Gasteiger partial charge in [0.25, 0.3) is 0 Å². The lowest BCUT2D eigenvalue weighted by Crippen LogP contribution is -2.56. The number of hydrogen-bond donors (Lipinski definition) is 2. The summed E-state index contributed by atoms with van der Waals surface area (Å²) >= 11 is 0. The van der Waals surface area contributed by atoms with Crippen LogP contribution in [0.5, 0.6) is 11.5 Å². The lowest BCUT2D eigenvalue weighted by molar-refractivity contribution is 0.171. The summed E-state index contributed by atoms with van der Waals surface area (Å²) in [5, 5.41) is 7.10. The fourth-order valence-electron chi connectivity index (χ4n) is 2.52. The van der Waals surface area contributed by atoms with Crippen molar-refractivity contribution in [2.45, 2.75) is 25.4 Å². The van der Waals surface area contributed by atoms with Crippen LogP contribution in [-0.2, 0) is 0 Å². The molecule has 17 heavy (non-hydrogen) atoms. The van der Waals surface area contributed by atoms with Crippen LogP contribution in [0.2, 0.25) is 0 Å². The van der Waals surface area contributed by atoms with E-state index in [1.807, 2.05) is 12.1 Å². The van der Waals surface area contributed by atoms with Gasteiger partial charge in [0, 0.05) is 30.2 Å². The lowest BCUT2D eigenvalue weighted by atomic mass is 9.95. The molecule has 4 heteroatoms. The number of piperazine rings is 1. The van der Waals surface area contributed by atoms with Crippen LogP contribution in [0.15, 0.2) is 18.2 Å². The number of benzene rings is 1. The lowest BCUT2D eigenvalue weighted by Gasteiger charge is -2.38. The summed E-state index contributed by atoms with van der Waals surface area (Å²) in [6.45, 7) is 6.63. The van der Waals surface area contributed by atoms with E-state index in [1.54, 1.807) is 0 Å². The topological polar surface area (TPSA) is 42.5 Å². The number of ether oxygens (including phenoxy) is 2. The Hall–Kier alpha value is -1.26. The highest BCUT2D eigenvalue weighted by molar-refractivity contribution is 5.49. The second-order valence-corrected chi connectivity index (χ2v) is 5.29. The van der Waals surface area contributed by atoms with Gasteiger partial charge in [-0.05, 0) is 19.9 Å². The Morgan fingerprint density at radius 1 is 1.29 bits per heavy atom. The van der Waals surface area contributed by atoms with Gasteiger partial charge in [-0.3, -0.25) is 0 Å². The SMILES string of the molecule is CC1(C)CNCC(c2cccc3c2OCO3)N1. The fourth-order valence-corrected chi connectivity index (χ4v) is 2.52. The minimum Gasteiger partial charge on any atom is -0.454 e. The molecule has 1 saturated heterocycles. The number of para-hydroxylation sites is 1. The van der Waals surface area contributed by atoms with Crippen LogP contribution in [0.3, 0.4) is 0 Å². The third kappa shape index (κ3) is 1.98. The average Bonchev–Trinajstić information content (AvgIpc) is 2.75. The Morgan fingerprint density at radius 2 is 2.18 bits per heavy atom. The second kappa shape index (κ2) is 3.89. The average molecular weight is 234 g/mol. The third-order valence-electron chi connectivity index (χ3n) is 3.28. The Morgan fingerprint density at radius 3 is 3.00 bits per heavy atom. The maximum Gasteiger partial charge on any atom is 0.231 e. The van der Waals surface area contributed by atoms with Crippen molar-refractivity contribution in [3.8, 4) is 11.5 Å². The second-order valence-electron chi connectivity index (χ2n) is 5.29. The quantitative estimate of drug-likeness (QED) is 0.771. The molecule has 4 nitrogen and oxygen atoms in total. The molecule has 3 rings (SSSR count). The zero-order valence-electron chi connectivity index (χ0n) is 10.2. The van der Waals surface area contributed by atoms with Crippen molar-refractivity contribution in [2.75, 3.05) is 19.9 Å². The first-order chi connectivity index (χ1) is 8.16. The predicted octanol–water partition coefficient (Wildman–Crippen LogP) is 1.43. The molecule has 2 heterocycles. The van der Waals surface area contributed by atoms with Crippen LogP contribution >= 0.6 is 0 Å². The first-order valence-corrected chi connectivity index (χ1v) is 6.03. The molecule has 92 valence electrons. The van der Waals surface area contributed by atoms with Crippen molar-refractivity contribution < 1.29 is 9.47 Å². The van der Waals surface area contributed by atoms with Crippen LogP contribution in [0.25, 0.3) is 0 Å². The van der Waals surface area contributed by atoms with E-state index in [-0.39, 0.29) is 11.6 Å². The Labute approximate surface area is 101 Å². The molecule has 1 atom stereocenters. The van der Waals surface area contributed by atoms with E-state index in [2.05, 4.69) is 30.5 Å². The van der Waals surface area contributed by atoms with Gasteiger partial charge in [0.15, 0.2) is 11.5 Å².